The molecule has 4 rings (SSSR count). The van der Waals surface area contributed by atoms with Crippen molar-refractivity contribution in [2.24, 2.45) is 0 Å². The van der Waals surface area contributed by atoms with E-state index in [1.807, 2.05) is 48.9 Å². The van der Waals surface area contributed by atoms with E-state index >= 15 is 0 Å². The van der Waals surface area contributed by atoms with E-state index in [-0.39, 0.29) is 5.65 Å². The monoisotopic (exact) mass is 429 g/mol. The molecule has 7 nitrogen and oxygen atoms in total. The van der Waals surface area contributed by atoms with Gasteiger partial charge in [0.25, 0.3) is 5.82 Å². The maximum Gasteiger partial charge on any atom is 0.453 e. The zero-order valence-electron chi connectivity index (χ0n) is 17.6. The van der Waals surface area contributed by atoms with E-state index in [1.54, 1.807) is 13.8 Å². The highest BCUT2D eigenvalue weighted by Gasteiger charge is 2.38. The topological polar surface area (TPSA) is 72.9 Å². The fourth-order valence-corrected chi connectivity index (χ4v) is 3.55. The second-order valence-corrected chi connectivity index (χ2v) is 7.50. The molecule has 1 N–H and O–H groups in total. The summed E-state index contributed by atoms with van der Waals surface area (Å²) >= 11 is 0. The van der Waals surface area contributed by atoms with Crippen molar-refractivity contribution in [2.75, 3.05) is 5.32 Å². The van der Waals surface area contributed by atoms with Gasteiger partial charge in [-0.1, -0.05) is 30.3 Å². The number of alkyl halides is 3. The number of nitrogens with zero attached hydrogens (tertiary/aromatic N) is 6. The van der Waals surface area contributed by atoms with Crippen molar-refractivity contribution in [1.29, 1.82) is 0 Å². The fourth-order valence-electron chi connectivity index (χ4n) is 3.55. The summed E-state index contributed by atoms with van der Waals surface area (Å²) in [5, 5.41) is 18.9. The van der Waals surface area contributed by atoms with Crippen LogP contribution in [0.1, 0.15) is 39.5 Å². The number of rotatable bonds is 5. The lowest BCUT2D eigenvalue weighted by Crippen LogP contribution is -2.15. The highest BCUT2D eigenvalue weighted by Crippen LogP contribution is 2.30. The fraction of sp³-hybridized carbons (Fsp3) is 0.333. The minimum absolute atomic E-state index is 0.0958. The summed E-state index contributed by atoms with van der Waals surface area (Å²) in [4.78, 5) is 0. The van der Waals surface area contributed by atoms with Crippen LogP contribution in [0.3, 0.4) is 0 Å². The molecule has 3 heterocycles. The summed E-state index contributed by atoms with van der Waals surface area (Å²) in [6.07, 6.45) is -4.64. The predicted molar refractivity (Wildman–Crippen MR) is 110 cm³/mol. The first-order valence-corrected chi connectivity index (χ1v) is 9.77. The van der Waals surface area contributed by atoms with Gasteiger partial charge in [0.1, 0.15) is 0 Å². The summed E-state index contributed by atoms with van der Waals surface area (Å²) in [6.45, 7) is 8.43. The number of aryl methyl sites for hydroxylation is 2. The average molecular weight is 429 g/mol. The van der Waals surface area contributed by atoms with E-state index in [2.05, 4.69) is 25.7 Å². The number of anilines is 1. The van der Waals surface area contributed by atoms with Gasteiger partial charge >= 0.3 is 6.18 Å². The van der Waals surface area contributed by atoms with Gasteiger partial charge in [0, 0.05) is 23.4 Å². The normalized spacial score (nSPS) is 12.0. The Kier molecular flexibility index (Phi) is 5.16. The molecule has 0 aliphatic carbocycles. The highest BCUT2D eigenvalue weighted by molar-refractivity contribution is 5.58. The second-order valence-electron chi connectivity index (χ2n) is 7.50. The summed E-state index contributed by atoms with van der Waals surface area (Å²) in [6, 6.07) is 10.0. The number of fused-ring (bicyclic) bond motifs is 1. The summed E-state index contributed by atoms with van der Waals surface area (Å²) < 4.78 is 42.5. The molecule has 0 saturated heterocycles. The molecule has 3 aromatic heterocycles. The van der Waals surface area contributed by atoms with E-state index in [4.69, 9.17) is 0 Å². The van der Waals surface area contributed by atoms with Gasteiger partial charge in [-0.3, -0.25) is 4.68 Å². The second kappa shape index (κ2) is 7.68. The average Bonchev–Trinajstić information content (AvgIpc) is 3.26. The largest absolute Gasteiger partial charge is 0.453 e. The van der Waals surface area contributed by atoms with Gasteiger partial charge in [-0.15, -0.1) is 15.3 Å². The Morgan fingerprint density at radius 1 is 0.935 bits per heavy atom. The molecular formula is C21H22F3N7. The Hall–Kier alpha value is -3.43. The molecule has 0 amide bonds. The molecule has 4 aromatic rings. The molecule has 31 heavy (non-hydrogen) atoms. The van der Waals surface area contributed by atoms with Crippen molar-refractivity contribution >= 4 is 11.5 Å². The van der Waals surface area contributed by atoms with E-state index in [0.29, 0.717) is 24.5 Å². The number of hydrogen-bond acceptors (Lipinski definition) is 5. The standard InChI is InChI=1S/C21H22F3N7/c1-12-13(2)19-26-27-20(21(22,23)24)31(19)29-18(12)25-10-17-14(3)28-30(15(17)4)11-16-8-6-5-7-9-16/h5-9H,10-11H2,1-4H3,(H,25,29). The number of benzene rings is 1. The SMILES string of the molecule is Cc1nn(Cc2ccccc2)c(C)c1CNc1nn2c(C(F)(F)F)nnc2c(C)c1C. The Morgan fingerprint density at radius 2 is 1.65 bits per heavy atom. The Bertz CT molecular complexity index is 1240. The molecule has 162 valence electrons. The minimum atomic E-state index is -4.64. The van der Waals surface area contributed by atoms with Crippen molar-refractivity contribution in [3.63, 3.8) is 0 Å². The maximum absolute atomic E-state index is 13.3. The molecule has 0 bridgehead atoms. The molecule has 0 aliphatic heterocycles. The zero-order valence-corrected chi connectivity index (χ0v) is 17.6. The van der Waals surface area contributed by atoms with E-state index in [1.165, 1.54) is 0 Å². The van der Waals surface area contributed by atoms with Gasteiger partial charge in [-0.2, -0.15) is 22.8 Å². The first-order chi connectivity index (χ1) is 14.7. The van der Waals surface area contributed by atoms with Crippen LogP contribution in [0.15, 0.2) is 30.3 Å². The molecule has 0 saturated carbocycles. The Labute approximate surface area is 176 Å². The molecule has 1 aromatic carbocycles. The van der Waals surface area contributed by atoms with Gasteiger partial charge in [-0.05, 0) is 38.8 Å². The van der Waals surface area contributed by atoms with Gasteiger partial charge in [-0.25, -0.2) is 0 Å². The van der Waals surface area contributed by atoms with Gasteiger partial charge < -0.3 is 5.32 Å². The molecule has 0 unspecified atom stereocenters. The molecule has 0 radical (unpaired) electrons. The molecule has 0 aliphatic rings. The quantitative estimate of drug-likeness (QED) is 0.514. The van der Waals surface area contributed by atoms with Crippen LogP contribution in [0, 0.1) is 27.7 Å². The van der Waals surface area contributed by atoms with Crippen molar-refractivity contribution in [2.45, 2.75) is 47.0 Å². The van der Waals surface area contributed by atoms with Crippen LogP contribution < -0.4 is 5.32 Å². The van der Waals surface area contributed by atoms with Gasteiger partial charge in [0.15, 0.2) is 11.5 Å². The number of aromatic nitrogens is 6. The van der Waals surface area contributed by atoms with Crippen molar-refractivity contribution in [3.05, 3.63) is 69.8 Å². The first-order valence-electron chi connectivity index (χ1n) is 9.77. The third-order valence-electron chi connectivity index (χ3n) is 5.49. The molecule has 10 heteroatoms. The van der Waals surface area contributed by atoms with Crippen molar-refractivity contribution < 1.29 is 13.2 Å². The highest BCUT2D eigenvalue weighted by atomic mass is 19.4. The summed E-state index contributed by atoms with van der Waals surface area (Å²) in [7, 11) is 0. The van der Waals surface area contributed by atoms with Crippen molar-refractivity contribution in [1.82, 2.24) is 29.6 Å². The van der Waals surface area contributed by atoms with Crippen molar-refractivity contribution in [3.8, 4) is 0 Å². The number of nitrogens with one attached hydrogen (secondary N) is 1. The Morgan fingerprint density at radius 3 is 2.32 bits per heavy atom. The number of hydrogen-bond donors (Lipinski definition) is 1. The minimum Gasteiger partial charge on any atom is -0.364 e. The zero-order chi connectivity index (χ0) is 22.3. The maximum atomic E-state index is 13.3. The first kappa shape index (κ1) is 20.8. The molecule has 0 fully saturated rings. The van der Waals surface area contributed by atoms with E-state index in [0.717, 1.165) is 32.6 Å². The van der Waals surface area contributed by atoms with Gasteiger partial charge in [0.2, 0.25) is 0 Å². The van der Waals surface area contributed by atoms with Crippen LogP contribution in [0.25, 0.3) is 5.65 Å². The lowest BCUT2D eigenvalue weighted by molar-refractivity contribution is -0.146. The van der Waals surface area contributed by atoms with Crippen LogP contribution in [0.5, 0.6) is 0 Å². The van der Waals surface area contributed by atoms with Crippen LogP contribution in [-0.4, -0.2) is 29.6 Å². The van der Waals surface area contributed by atoms with Crippen LogP contribution in [-0.2, 0) is 19.3 Å². The third-order valence-corrected chi connectivity index (χ3v) is 5.49. The van der Waals surface area contributed by atoms with Gasteiger partial charge in [0.05, 0.1) is 12.2 Å². The number of halogens is 3. The Balaban J connectivity index is 1.63. The molecule has 0 spiro atoms. The van der Waals surface area contributed by atoms with Crippen LogP contribution in [0.2, 0.25) is 0 Å². The molecule has 0 atom stereocenters. The lowest BCUT2D eigenvalue weighted by Gasteiger charge is -2.13. The van der Waals surface area contributed by atoms with E-state index in [9.17, 15) is 13.2 Å². The summed E-state index contributed by atoms with van der Waals surface area (Å²) in [5.41, 5.74) is 5.38. The van der Waals surface area contributed by atoms with E-state index < -0.39 is 12.0 Å². The molecular weight excluding hydrogens is 407 g/mol. The smallest absolute Gasteiger partial charge is 0.364 e. The third kappa shape index (κ3) is 3.85. The van der Waals surface area contributed by atoms with Crippen LogP contribution in [0.4, 0.5) is 19.0 Å². The summed E-state index contributed by atoms with van der Waals surface area (Å²) in [5.74, 6) is -0.790. The predicted octanol–water partition coefficient (Wildman–Crippen LogP) is 4.23. The lowest BCUT2D eigenvalue weighted by atomic mass is 10.1. The van der Waals surface area contributed by atoms with Crippen LogP contribution >= 0.6 is 0 Å².